The third-order valence-corrected chi connectivity index (χ3v) is 4.62. The van der Waals surface area contributed by atoms with Crippen molar-refractivity contribution in [3.63, 3.8) is 0 Å². The quantitative estimate of drug-likeness (QED) is 0.910. The first-order chi connectivity index (χ1) is 10.6. The normalized spacial score (nSPS) is 20.4. The van der Waals surface area contributed by atoms with Crippen molar-refractivity contribution < 1.29 is 4.74 Å². The topological polar surface area (TPSA) is 47.3 Å². The van der Waals surface area contributed by atoms with Crippen LogP contribution in [0.5, 0.6) is 5.75 Å². The average Bonchev–Trinajstić information content (AvgIpc) is 2.51. The predicted molar refractivity (Wildman–Crippen MR) is 92.0 cm³/mol. The summed E-state index contributed by atoms with van der Waals surface area (Å²) in [5.41, 5.74) is 11.1. The number of nitrogens with two attached hydrogens (primary N) is 1. The number of halogens is 1. The van der Waals surface area contributed by atoms with Crippen molar-refractivity contribution in [2.75, 3.05) is 12.4 Å². The summed E-state index contributed by atoms with van der Waals surface area (Å²) in [5, 5.41) is 4.30. The van der Waals surface area contributed by atoms with Crippen molar-refractivity contribution in [2.24, 2.45) is 5.73 Å². The summed E-state index contributed by atoms with van der Waals surface area (Å²) < 4.78 is 5.50. The first-order valence-electron chi connectivity index (χ1n) is 7.51. The molecule has 2 aromatic carbocycles. The number of nitrogens with one attached hydrogen (secondary N) is 1. The molecule has 1 aliphatic carbocycles. The minimum Gasteiger partial charge on any atom is -0.496 e. The fourth-order valence-electron chi connectivity index (χ4n) is 3.10. The van der Waals surface area contributed by atoms with Gasteiger partial charge in [-0.2, -0.15) is 0 Å². The Bertz CT molecular complexity index is 687. The van der Waals surface area contributed by atoms with Gasteiger partial charge in [0, 0.05) is 22.8 Å². The Morgan fingerprint density at radius 2 is 2.05 bits per heavy atom. The molecule has 0 bridgehead atoms. The van der Waals surface area contributed by atoms with Crippen LogP contribution in [0.3, 0.4) is 0 Å². The zero-order chi connectivity index (χ0) is 15.7. The van der Waals surface area contributed by atoms with E-state index >= 15 is 0 Å². The van der Waals surface area contributed by atoms with E-state index in [0.29, 0.717) is 0 Å². The summed E-state index contributed by atoms with van der Waals surface area (Å²) >= 11 is 6.11. The second-order valence-corrected chi connectivity index (χ2v) is 6.32. The molecule has 0 aromatic heterocycles. The maximum absolute atomic E-state index is 6.39. The fraction of sp³-hybridized carbons (Fsp3) is 0.333. The van der Waals surface area contributed by atoms with E-state index in [2.05, 4.69) is 18.3 Å². The van der Waals surface area contributed by atoms with Gasteiger partial charge in [-0.05, 0) is 54.7 Å². The van der Waals surface area contributed by atoms with Crippen molar-refractivity contribution in [1.29, 1.82) is 0 Å². The smallest absolute Gasteiger partial charge is 0.122 e. The zero-order valence-electron chi connectivity index (χ0n) is 12.9. The summed E-state index contributed by atoms with van der Waals surface area (Å²) in [6, 6.07) is 12.3. The Labute approximate surface area is 136 Å². The monoisotopic (exact) mass is 316 g/mol. The molecule has 0 spiro atoms. The van der Waals surface area contributed by atoms with Crippen LogP contribution in [0.25, 0.3) is 0 Å². The van der Waals surface area contributed by atoms with Crippen molar-refractivity contribution in [3.8, 4) is 5.75 Å². The molecule has 0 amide bonds. The van der Waals surface area contributed by atoms with E-state index in [0.717, 1.165) is 29.3 Å². The summed E-state index contributed by atoms with van der Waals surface area (Å²) in [6.45, 7) is 2.07. The number of anilines is 1. The molecule has 3 N–H and O–H groups in total. The van der Waals surface area contributed by atoms with Crippen LogP contribution in [0.2, 0.25) is 5.02 Å². The van der Waals surface area contributed by atoms with Crippen molar-refractivity contribution in [1.82, 2.24) is 0 Å². The molecule has 0 saturated heterocycles. The highest BCUT2D eigenvalue weighted by molar-refractivity contribution is 6.30. The molecule has 0 radical (unpaired) electrons. The number of fused-ring (bicyclic) bond motifs is 1. The van der Waals surface area contributed by atoms with Crippen LogP contribution in [0, 0.1) is 6.92 Å². The highest BCUT2D eigenvalue weighted by atomic mass is 35.5. The molecule has 2 aromatic rings. The minimum atomic E-state index is 0.0676. The summed E-state index contributed by atoms with van der Waals surface area (Å²) in [4.78, 5) is 0. The van der Waals surface area contributed by atoms with Gasteiger partial charge < -0.3 is 15.8 Å². The third kappa shape index (κ3) is 2.92. The van der Waals surface area contributed by atoms with Gasteiger partial charge in [0.05, 0.1) is 7.11 Å². The van der Waals surface area contributed by atoms with Crippen molar-refractivity contribution >= 4 is 17.3 Å². The molecule has 0 saturated carbocycles. The molecule has 4 heteroatoms. The van der Waals surface area contributed by atoms with E-state index in [4.69, 9.17) is 22.1 Å². The van der Waals surface area contributed by atoms with Crippen LogP contribution in [-0.2, 0) is 12.8 Å². The number of methoxy groups -OCH3 is 1. The lowest BCUT2D eigenvalue weighted by Crippen LogP contribution is -2.46. The highest BCUT2D eigenvalue weighted by Crippen LogP contribution is 2.31. The minimum absolute atomic E-state index is 0.0676. The van der Waals surface area contributed by atoms with Crippen LogP contribution < -0.4 is 15.8 Å². The highest BCUT2D eigenvalue weighted by Gasteiger charge is 2.28. The van der Waals surface area contributed by atoms with E-state index in [1.54, 1.807) is 7.11 Å². The Morgan fingerprint density at radius 1 is 1.23 bits per heavy atom. The molecule has 0 fully saturated rings. The van der Waals surface area contributed by atoms with Crippen molar-refractivity contribution in [2.45, 2.75) is 31.8 Å². The van der Waals surface area contributed by atoms with Crippen molar-refractivity contribution in [3.05, 3.63) is 58.1 Å². The lowest BCUT2D eigenvalue weighted by atomic mass is 9.84. The third-order valence-electron chi connectivity index (χ3n) is 4.39. The molecule has 22 heavy (non-hydrogen) atoms. The van der Waals surface area contributed by atoms with E-state index in [9.17, 15) is 0 Å². The van der Waals surface area contributed by atoms with E-state index in [-0.39, 0.29) is 12.1 Å². The van der Waals surface area contributed by atoms with Gasteiger partial charge in [0.25, 0.3) is 0 Å². The predicted octanol–water partition coefficient (Wildman–Crippen LogP) is 3.56. The SMILES string of the molecule is COc1cccc2c1C[C@H](Nc1cc(Cl)ccc1C)[C@@H](N)C2. The van der Waals surface area contributed by atoms with E-state index in [1.165, 1.54) is 16.7 Å². The van der Waals surface area contributed by atoms with Crippen LogP contribution in [0.4, 0.5) is 5.69 Å². The first-order valence-corrected chi connectivity index (χ1v) is 7.89. The average molecular weight is 317 g/mol. The molecule has 0 heterocycles. The Balaban J connectivity index is 1.88. The zero-order valence-corrected chi connectivity index (χ0v) is 13.7. The molecule has 1 aliphatic rings. The van der Waals surface area contributed by atoms with Gasteiger partial charge in [-0.15, -0.1) is 0 Å². The van der Waals surface area contributed by atoms with Crippen LogP contribution in [-0.4, -0.2) is 19.2 Å². The molecular formula is C18H21ClN2O. The molecule has 3 rings (SSSR count). The molecule has 0 unspecified atom stereocenters. The number of benzene rings is 2. The maximum Gasteiger partial charge on any atom is 0.122 e. The van der Waals surface area contributed by atoms with E-state index in [1.807, 2.05) is 30.3 Å². The summed E-state index contributed by atoms with van der Waals surface area (Å²) in [7, 11) is 1.72. The number of aryl methyl sites for hydroxylation is 1. The largest absolute Gasteiger partial charge is 0.496 e. The van der Waals surface area contributed by atoms with Gasteiger partial charge in [0.15, 0.2) is 0 Å². The number of ether oxygens (including phenoxy) is 1. The summed E-state index contributed by atoms with van der Waals surface area (Å²) in [6.07, 6.45) is 1.70. The van der Waals surface area contributed by atoms with Crippen LogP contribution in [0.15, 0.2) is 36.4 Å². The van der Waals surface area contributed by atoms with Gasteiger partial charge in [-0.3, -0.25) is 0 Å². The van der Waals surface area contributed by atoms with Gasteiger partial charge in [0.1, 0.15) is 5.75 Å². The Kier molecular flexibility index (Phi) is 4.27. The maximum atomic E-state index is 6.39. The lowest BCUT2D eigenvalue weighted by molar-refractivity contribution is 0.401. The molecule has 0 aliphatic heterocycles. The van der Waals surface area contributed by atoms with Gasteiger partial charge >= 0.3 is 0 Å². The van der Waals surface area contributed by atoms with Crippen LogP contribution >= 0.6 is 11.6 Å². The van der Waals surface area contributed by atoms with E-state index < -0.39 is 0 Å². The standard InChI is InChI=1S/C18H21ClN2O/c1-11-6-7-13(19)9-16(11)21-17-10-14-12(8-15(17)20)4-3-5-18(14)22-2/h3-7,9,15,17,21H,8,10,20H2,1-2H3/t15-,17-/m0/s1. The van der Waals surface area contributed by atoms with Gasteiger partial charge in [0.2, 0.25) is 0 Å². The Hall–Kier alpha value is -1.71. The number of hydrogen-bond acceptors (Lipinski definition) is 3. The van der Waals surface area contributed by atoms with Gasteiger partial charge in [-0.25, -0.2) is 0 Å². The van der Waals surface area contributed by atoms with Crippen LogP contribution in [0.1, 0.15) is 16.7 Å². The fourth-order valence-corrected chi connectivity index (χ4v) is 3.27. The Morgan fingerprint density at radius 3 is 2.82 bits per heavy atom. The lowest BCUT2D eigenvalue weighted by Gasteiger charge is -2.33. The summed E-state index contributed by atoms with van der Waals surface area (Å²) in [5.74, 6) is 0.944. The molecule has 2 atom stereocenters. The van der Waals surface area contributed by atoms with Gasteiger partial charge in [-0.1, -0.05) is 29.8 Å². The molecular weight excluding hydrogens is 296 g/mol. The number of hydrogen-bond donors (Lipinski definition) is 2. The first kappa shape index (κ1) is 15.2. The second kappa shape index (κ2) is 6.19. The molecule has 3 nitrogen and oxygen atoms in total. The molecule has 116 valence electrons. The second-order valence-electron chi connectivity index (χ2n) is 5.88. The number of rotatable bonds is 3.